The molecule has 0 bridgehead atoms. The molecule has 7 heteroatoms. The fourth-order valence-electron chi connectivity index (χ4n) is 4.44. The van der Waals surface area contributed by atoms with Gasteiger partial charge in [-0.1, -0.05) is 76.6 Å². The third kappa shape index (κ3) is 5.68. The van der Waals surface area contributed by atoms with Crippen LogP contribution in [0.5, 0.6) is 5.75 Å². The van der Waals surface area contributed by atoms with Crippen LogP contribution in [0.2, 0.25) is 0 Å². The second-order valence-electron chi connectivity index (χ2n) is 8.81. The number of para-hydroxylation sites is 1. The normalized spacial score (nSPS) is 17.0. The quantitative estimate of drug-likeness (QED) is 0.179. The highest BCUT2D eigenvalue weighted by Gasteiger charge is 2.41. The van der Waals surface area contributed by atoms with Crippen molar-refractivity contribution in [3.63, 3.8) is 0 Å². The number of amides is 2. The number of carbonyl (C=O) groups excluding carboxylic acids is 2. The molecule has 0 aliphatic carbocycles. The number of allylic oxidation sites excluding steroid dienone is 1. The van der Waals surface area contributed by atoms with E-state index >= 15 is 0 Å². The number of nitrogens with zero attached hydrogens (tertiary/aromatic N) is 1. The largest absolute Gasteiger partial charge is 0.488 e. The highest BCUT2D eigenvalue weighted by molar-refractivity contribution is 9.10. The molecule has 0 spiro atoms. The molecule has 4 aromatic rings. The van der Waals surface area contributed by atoms with Gasteiger partial charge >= 0.3 is 6.03 Å². The summed E-state index contributed by atoms with van der Waals surface area (Å²) in [6.45, 7) is 0.354. The minimum atomic E-state index is -0.535. The Morgan fingerprint density at radius 2 is 1.63 bits per heavy atom. The van der Waals surface area contributed by atoms with E-state index in [0.717, 1.165) is 15.6 Å². The lowest BCUT2D eigenvalue weighted by atomic mass is 9.97. The molecule has 5 rings (SSSR count). The number of anilines is 1. The van der Waals surface area contributed by atoms with Crippen molar-refractivity contribution in [2.45, 2.75) is 18.7 Å². The number of hydrogen-bond donors (Lipinski definition) is 1. The van der Waals surface area contributed by atoms with Crippen LogP contribution in [-0.4, -0.2) is 17.9 Å². The van der Waals surface area contributed by atoms with Crippen LogP contribution in [0.4, 0.5) is 14.9 Å². The number of halogens is 2. The van der Waals surface area contributed by atoms with E-state index in [9.17, 15) is 14.0 Å². The minimum absolute atomic E-state index is 0.285. The maximum Gasteiger partial charge on any atom is 0.323 e. The monoisotopic (exact) mass is 570 g/mol. The molecule has 5 nitrogen and oxygen atoms in total. The molecule has 1 fully saturated rings. The predicted molar refractivity (Wildman–Crippen MR) is 149 cm³/mol. The van der Waals surface area contributed by atoms with Crippen LogP contribution < -0.4 is 15.0 Å². The highest BCUT2D eigenvalue weighted by Crippen LogP contribution is 2.40. The van der Waals surface area contributed by atoms with E-state index in [1.165, 1.54) is 30.3 Å². The summed E-state index contributed by atoms with van der Waals surface area (Å²) in [5.41, 5.74) is 2.88. The second kappa shape index (κ2) is 11.4. The first-order valence-corrected chi connectivity index (χ1v) is 12.9. The van der Waals surface area contributed by atoms with Gasteiger partial charge in [-0.25, -0.2) is 9.18 Å². The highest BCUT2D eigenvalue weighted by atomic mass is 79.9. The first-order chi connectivity index (χ1) is 18.5. The Bertz CT molecular complexity index is 1460. The van der Waals surface area contributed by atoms with Crippen LogP contribution >= 0.6 is 15.9 Å². The Hall–Kier alpha value is -4.23. The first kappa shape index (κ1) is 25.4. The Balaban J connectivity index is 1.51. The van der Waals surface area contributed by atoms with Gasteiger partial charge in [0.25, 0.3) is 0 Å². The van der Waals surface area contributed by atoms with Crippen molar-refractivity contribution in [3.8, 4) is 5.75 Å². The summed E-state index contributed by atoms with van der Waals surface area (Å²) in [6.07, 6.45) is 3.10. The van der Waals surface area contributed by atoms with Gasteiger partial charge in [-0.2, -0.15) is 0 Å². The lowest BCUT2D eigenvalue weighted by Gasteiger charge is -2.28. The lowest BCUT2D eigenvalue weighted by Crippen LogP contribution is -2.29. The topological polar surface area (TPSA) is 58.6 Å². The van der Waals surface area contributed by atoms with Crippen molar-refractivity contribution >= 4 is 33.4 Å². The zero-order valence-electron chi connectivity index (χ0n) is 20.3. The molecule has 0 unspecified atom stereocenters. The van der Waals surface area contributed by atoms with E-state index in [1.54, 1.807) is 11.0 Å². The summed E-state index contributed by atoms with van der Waals surface area (Å²) in [5, 5.41) is 3.00. The number of benzene rings is 4. The number of carbonyl (C=O) groups is 2. The summed E-state index contributed by atoms with van der Waals surface area (Å²) in [5.74, 6) is -0.0770. The molecular weight excluding hydrogens is 547 g/mol. The maximum atomic E-state index is 13.3. The van der Waals surface area contributed by atoms with Gasteiger partial charge in [0.15, 0.2) is 5.78 Å². The van der Waals surface area contributed by atoms with Gasteiger partial charge in [0.1, 0.15) is 18.2 Å². The second-order valence-corrected chi connectivity index (χ2v) is 9.73. The molecule has 190 valence electrons. The Kier molecular flexibility index (Phi) is 7.65. The van der Waals surface area contributed by atoms with Crippen LogP contribution in [0.25, 0.3) is 0 Å². The summed E-state index contributed by atoms with van der Waals surface area (Å²) in [4.78, 5) is 27.8. The number of urea groups is 1. The van der Waals surface area contributed by atoms with Gasteiger partial charge in [-0.3, -0.25) is 9.69 Å². The van der Waals surface area contributed by atoms with Gasteiger partial charge in [-0.05, 0) is 60.2 Å². The Morgan fingerprint density at radius 1 is 0.947 bits per heavy atom. The Morgan fingerprint density at radius 3 is 2.34 bits per heavy atom. The number of hydrogen-bond acceptors (Lipinski definition) is 3. The van der Waals surface area contributed by atoms with Crippen LogP contribution in [0.1, 0.15) is 27.5 Å². The predicted octanol–water partition coefficient (Wildman–Crippen LogP) is 7.25. The molecular formula is C31H24BrFN2O3. The molecule has 0 aromatic heterocycles. The molecule has 1 N–H and O–H groups in total. The molecule has 4 aromatic carbocycles. The Labute approximate surface area is 228 Å². The molecule has 0 saturated carbocycles. The van der Waals surface area contributed by atoms with Crippen LogP contribution in [0, 0.1) is 5.82 Å². The van der Waals surface area contributed by atoms with Crippen molar-refractivity contribution < 1.29 is 18.7 Å². The SMILES string of the molecule is O=C(/C=C/[C@H]1NC(=O)N(c2ccccc2)[C@@H]1c1ccc(Br)cc1OCc1ccccc1)c1ccc(F)cc1. The van der Waals surface area contributed by atoms with Crippen molar-refractivity contribution in [2.75, 3.05) is 4.90 Å². The van der Waals surface area contributed by atoms with E-state index in [2.05, 4.69) is 21.2 Å². The summed E-state index contributed by atoms with van der Waals surface area (Å²) in [6, 6.07) is 29.0. The molecule has 2 atom stereocenters. The van der Waals surface area contributed by atoms with E-state index in [4.69, 9.17) is 4.74 Å². The van der Waals surface area contributed by atoms with E-state index in [0.29, 0.717) is 23.6 Å². The number of nitrogens with one attached hydrogen (secondary N) is 1. The fourth-order valence-corrected chi connectivity index (χ4v) is 4.78. The van der Waals surface area contributed by atoms with Crippen LogP contribution in [-0.2, 0) is 6.61 Å². The van der Waals surface area contributed by atoms with Gasteiger partial charge in [-0.15, -0.1) is 0 Å². The summed E-state index contributed by atoms with van der Waals surface area (Å²) in [7, 11) is 0. The van der Waals surface area contributed by atoms with Crippen molar-refractivity contribution in [1.29, 1.82) is 0 Å². The van der Waals surface area contributed by atoms with Crippen molar-refractivity contribution in [2.24, 2.45) is 0 Å². The van der Waals surface area contributed by atoms with Gasteiger partial charge in [0.05, 0.1) is 12.1 Å². The minimum Gasteiger partial charge on any atom is -0.488 e. The number of rotatable bonds is 8. The molecule has 38 heavy (non-hydrogen) atoms. The lowest BCUT2D eigenvalue weighted by molar-refractivity contribution is 0.104. The molecule has 1 heterocycles. The van der Waals surface area contributed by atoms with Crippen LogP contribution in [0.15, 0.2) is 120 Å². The smallest absolute Gasteiger partial charge is 0.323 e. The zero-order valence-corrected chi connectivity index (χ0v) is 21.8. The molecule has 1 saturated heterocycles. The zero-order chi connectivity index (χ0) is 26.5. The van der Waals surface area contributed by atoms with E-state index in [1.807, 2.05) is 78.9 Å². The maximum absolute atomic E-state index is 13.3. The number of ketones is 1. The van der Waals surface area contributed by atoms with E-state index < -0.39 is 17.9 Å². The standard InChI is InChI=1S/C31H24BrFN2O3/c32-23-13-16-26(29(19-23)38-20-21-7-3-1-4-8-21)30-27(17-18-28(36)22-11-14-24(33)15-12-22)34-31(37)35(30)25-9-5-2-6-10-25/h1-19,27,30H,20H2,(H,34,37)/b18-17+/t27-,30-/m1/s1. The average molecular weight is 571 g/mol. The third-order valence-electron chi connectivity index (χ3n) is 6.28. The molecule has 0 radical (unpaired) electrons. The van der Waals surface area contributed by atoms with Crippen molar-refractivity contribution in [3.05, 3.63) is 142 Å². The average Bonchev–Trinajstić information content (AvgIpc) is 3.27. The van der Waals surface area contributed by atoms with Gasteiger partial charge < -0.3 is 10.1 Å². The molecule has 1 aliphatic rings. The van der Waals surface area contributed by atoms with Gasteiger partial charge in [0, 0.05) is 21.3 Å². The fraction of sp³-hybridized carbons (Fsp3) is 0.0968. The summed E-state index contributed by atoms with van der Waals surface area (Å²) < 4.78 is 20.4. The van der Waals surface area contributed by atoms with Gasteiger partial charge in [0.2, 0.25) is 0 Å². The first-order valence-electron chi connectivity index (χ1n) is 12.1. The van der Waals surface area contributed by atoms with Crippen molar-refractivity contribution in [1.82, 2.24) is 5.32 Å². The molecule has 1 aliphatic heterocycles. The third-order valence-corrected chi connectivity index (χ3v) is 6.77. The number of ether oxygens (including phenoxy) is 1. The summed E-state index contributed by atoms with van der Waals surface area (Å²) >= 11 is 3.54. The van der Waals surface area contributed by atoms with Crippen LogP contribution in [0.3, 0.4) is 0 Å². The van der Waals surface area contributed by atoms with E-state index in [-0.39, 0.29) is 11.8 Å². The molecule has 2 amide bonds.